The number of aliphatic hydroxyl groups is 1. The molecule has 0 fully saturated rings. The maximum absolute atomic E-state index is 9.10. The normalized spacial score (nSPS) is 11.4. The molecule has 0 bridgehead atoms. The molecule has 8 nitrogen and oxygen atoms in total. The first-order valence-electron chi connectivity index (χ1n) is 7.26. The van der Waals surface area contributed by atoms with Crippen molar-refractivity contribution in [3.05, 3.63) is 36.3 Å². The van der Waals surface area contributed by atoms with Gasteiger partial charge in [0.15, 0.2) is 11.5 Å². The van der Waals surface area contributed by atoms with Crippen molar-refractivity contribution in [3.63, 3.8) is 0 Å². The molecule has 0 saturated heterocycles. The molecular weight excluding hydrogens is 294 g/mol. The van der Waals surface area contributed by atoms with Gasteiger partial charge in [-0.2, -0.15) is 10.2 Å². The number of pyridine rings is 2. The number of anilines is 2. The minimum atomic E-state index is 0.0306. The van der Waals surface area contributed by atoms with Gasteiger partial charge in [0, 0.05) is 11.6 Å². The van der Waals surface area contributed by atoms with Crippen molar-refractivity contribution in [2.45, 2.75) is 13.5 Å². The van der Waals surface area contributed by atoms with Crippen LogP contribution >= 0.6 is 0 Å². The molecule has 4 aromatic heterocycles. The van der Waals surface area contributed by atoms with Crippen LogP contribution in [0.5, 0.6) is 0 Å². The molecule has 4 rings (SSSR count). The van der Waals surface area contributed by atoms with Gasteiger partial charge in [-0.15, -0.1) is 0 Å². The molecule has 0 unspecified atom stereocenters. The second-order valence-corrected chi connectivity index (χ2v) is 5.22. The van der Waals surface area contributed by atoms with Gasteiger partial charge in [0.2, 0.25) is 0 Å². The lowest BCUT2D eigenvalue weighted by molar-refractivity contribution is 0.271. The number of aromatic amines is 1. The molecule has 0 saturated carbocycles. The lowest BCUT2D eigenvalue weighted by atomic mass is 10.2. The van der Waals surface area contributed by atoms with Crippen LogP contribution in [-0.2, 0) is 6.54 Å². The lowest BCUT2D eigenvalue weighted by Gasteiger charge is -2.04. The first kappa shape index (κ1) is 13.6. The Morgan fingerprint density at radius 3 is 3.13 bits per heavy atom. The summed E-state index contributed by atoms with van der Waals surface area (Å²) in [6.45, 7) is 2.38. The second-order valence-electron chi connectivity index (χ2n) is 5.22. The van der Waals surface area contributed by atoms with E-state index in [2.05, 4.69) is 30.6 Å². The molecule has 0 atom stereocenters. The molecule has 3 N–H and O–H groups in total. The van der Waals surface area contributed by atoms with Crippen molar-refractivity contribution in [1.29, 1.82) is 0 Å². The summed E-state index contributed by atoms with van der Waals surface area (Å²) in [5.41, 5.74) is 4.08. The maximum atomic E-state index is 9.10. The van der Waals surface area contributed by atoms with Gasteiger partial charge in [-0.05, 0) is 25.1 Å². The Hall–Kier alpha value is -3.00. The summed E-state index contributed by atoms with van der Waals surface area (Å²) in [7, 11) is 0. The van der Waals surface area contributed by atoms with E-state index in [9.17, 15) is 0 Å². The number of nitrogens with zero attached hydrogens (tertiary/aromatic N) is 5. The molecule has 0 radical (unpaired) electrons. The zero-order valence-corrected chi connectivity index (χ0v) is 12.5. The van der Waals surface area contributed by atoms with Gasteiger partial charge in [-0.25, -0.2) is 9.67 Å². The maximum Gasteiger partial charge on any atom is 0.178 e. The number of aromatic nitrogens is 6. The highest BCUT2D eigenvalue weighted by atomic mass is 16.3. The third-order valence-corrected chi connectivity index (χ3v) is 3.67. The Morgan fingerprint density at radius 2 is 2.26 bits per heavy atom. The van der Waals surface area contributed by atoms with Crippen LogP contribution in [0.3, 0.4) is 0 Å². The van der Waals surface area contributed by atoms with Gasteiger partial charge in [0.1, 0.15) is 5.52 Å². The summed E-state index contributed by atoms with van der Waals surface area (Å²) in [6.07, 6.45) is 3.45. The van der Waals surface area contributed by atoms with E-state index in [1.165, 1.54) is 0 Å². The Kier molecular flexibility index (Phi) is 3.16. The molecule has 23 heavy (non-hydrogen) atoms. The molecule has 4 heterocycles. The van der Waals surface area contributed by atoms with Crippen LogP contribution in [-0.4, -0.2) is 41.7 Å². The average Bonchev–Trinajstić information content (AvgIpc) is 3.10. The molecule has 0 aromatic carbocycles. The fourth-order valence-electron chi connectivity index (χ4n) is 2.61. The summed E-state index contributed by atoms with van der Waals surface area (Å²) in [4.78, 5) is 8.77. The Morgan fingerprint density at radius 1 is 1.35 bits per heavy atom. The number of aliphatic hydroxyl groups excluding tert-OH is 1. The van der Waals surface area contributed by atoms with E-state index < -0.39 is 0 Å². The molecular formula is C15H15N7O. The number of nitrogens with one attached hydrogen (secondary N) is 2. The van der Waals surface area contributed by atoms with Crippen LogP contribution in [0.1, 0.15) is 5.69 Å². The Balaban J connectivity index is 1.73. The van der Waals surface area contributed by atoms with Gasteiger partial charge in [0.05, 0.1) is 36.2 Å². The van der Waals surface area contributed by atoms with Gasteiger partial charge in [-0.1, -0.05) is 0 Å². The summed E-state index contributed by atoms with van der Waals surface area (Å²) in [5, 5.41) is 24.9. The van der Waals surface area contributed by atoms with Crippen molar-refractivity contribution in [2.24, 2.45) is 0 Å². The molecule has 0 aliphatic carbocycles. The minimum absolute atomic E-state index is 0.0306. The summed E-state index contributed by atoms with van der Waals surface area (Å²) in [6, 6.07) is 5.75. The standard InChI is InChI=1S/C15H15N7O/c1-9-11-7-10(8-17-15(11)22(21-9)5-6-23)18-14-13-12(19-20-14)3-2-4-16-13/h2-4,7-8,23H,5-6H2,1H3,(H2,18,19,20). The van der Waals surface area contributed by atoms with E-state index in [0.717, 1.165) is 33.4 Å². The zero-order chi connectivity index (χ0) is 15.8. The van der Waals surface area contributed by atoms with Crippen LogP contribution in [0.2, 0.25) is 0 Å². The van der Waals surface area contributed by atoms with Crippen molar-refractivity contribution in [1.82, 2.24) is 29.9 Å². The number of aryl methyl sites for hydroxylation is 1. The molecule has 8 heteroatoms. The second kappa shape index (κ2) is 5.33. The number of rotatable bonds is 4. The van der Waals surface area contributed by atoms with Crippen LogP contribution in [0.4, 0.5) is 11.5 Å². The quantitative estimate of drug-likeness (QED) is 0.530. The zero-order valence-electron chi connectivity index (χ0n) is 12.5. The number of hydrogen-bond donors (Lipinski definition) is 3. The van der Waals surface area contributed by atoms with Gasteiger partial charge in [-0.3, -0.25) is 10.1 Å². The molecule has 0 aliphatic heterocycles. The first-order chi connectivity index (χ1) is 11.3. The average molecular weight is 309 g/mol. The predicted octanol–water partition coefficient (Wildman–Crippen LogP) is 1.75. The fourth-order valence-corrected chi connectivity index (χ4v) is 2.61. The highest BCUT2D eigenvalue weighted by Crippen LogP contribution is 2.24. The van der Waals surface area contributed by atoms with E-state index in [0.29, 0.717) is 12.4 Å². The topological polar surface area (TPSA) is 105 Å². The summed E-state index contributed by atoms with van der Waals surface area (Å²) >= 11 is 0. The lowest BCUT2D eigenvalue weighted by Crippen LogP contribution is -2.04. The number of fused-ring (bicyclic) bond motifs is 2. The van der Waals surface area contributed by atoms with E-state index in [1.807, 2.05) is 25.1 Å². The van der Waals surface area contributed by atoms with E-state index in [-0.39, 0.29) is 6.61 Å². The van der Waals surface area contributed by atoms with Crippen molar-refractivity contribution in [2.75, 3.05) is 11.9 Å². The third-order valence-electron chi connectivity index (χ3n) is 3.67. The van der Waals surface area contributed by atoms with Gasteiger partial charge < -0.3 is 10.4 Å². The minimum Gasteiger partial charge on any atom is -0.394 e. The van der Waals surface area contributed by atoms with Crippen LogP contribution < -0.4 is 5.32 Å². The highest BCUT2D eigenvalue weighted by molar-refractivity contribution is 5.89. The van der Waals surface area contributed by atoms with E-state index in [1.54, 1.807) is 17.1 Å². The molecule has 0 spiro atoms. The molecule has 4 aromatic rings. The van der Waals surface area contributed by atoms with Gasteiger partial charge >= 0.3 is 0 Å². The first-order valence-corrected chi connectivity index (χ1v) is 7.26. The smallest absolute Gasteiger partial charge is 0.178 e. The van der Waals surface area contributed by atoms with Crippen molar-refractivity contribution in [3.8, 4) is 0 Å². The molecule has 0 amide bonds. The van der Waals surface area contributed by atoms with Crippen molar-refractivity contribution < 1.29 is 5.11 Å². The van der Waals surface area contributed by atoms with Crippen molar-refractivity contribution >= 4 is 33.6 Å². The molecule has 0 aliphatic rings. The fraction of sp³-hybridized carbons (Fsp3) is 0.200. The van der Waals surface area contributed by atoms with Crippen LogP contribution in [0, 0.1) is 6.92 Å². The summed E-state index contributed by atoms with van der Waals surface area (Å²) < 4.78 is 1.71. The largest absolute Gasteiger partial charge is 0.394 e. The molecule has 116 valence electrons. The number of hydrogen-bond acceptors (Lipinski definition) is 6. The van der Waals surface area contributed by atoms with Crippen LogP contribution in [0.15, 0.2) is 30.6 Å². The highest BCUT2D eigenvalue weighted by Gasteiger charge is 2.11. The van der Waals surface area contributed by atoms with Crippen LogP contribution in [0.25, 0.3) is 22.1 Å². The third kappa shape index (κ3) is 2.29. The summed E-state index contributed by atoms with van der Waals surface area (Å²) in [5.74, 6) is 0.655. The number of H-pyrrole nitrogens is 1. The Bertz CT molecular complexity index is 988. The SMILES string of the molecule is Cc1nn(CCO)c2ncc(Nc3n[nH]c4cccnc34)cc12. The predicted molar refractivity (Wildman–Crippen MR) is 86.5 cm³/mol. The monoisotopic (exact) mass is 309 g/mol. The Labute approximate surface area is 131 Å². The van der Waals surface area contributed by atoms with Gasteiger partial charge in [0.25, 0.3) is 0 Å². The van der Waals surface area contributed by atoms with E-state index >= 15 is 0 Å². The van der Waals surface area contributed by atoms with E-state index in [4.69, 9.17) is 5.11 Å².